The molecular formula is C21H25N3O4S2. The Kier molecular flexibility index (Phi) is 5.69. The molecule has 7 nitrogen and oxygen atoms in total. The van der Waals surface area contributed by atoms with Crippen LogP contribution in [-0.2, 0) is 10.0 Å². The molecule has 1 saturated heterocycles. The molecule has 1 N–H and O–H groups in total. The molecule has 1 aromatic heterocycles. The minimum atomic E-state index is -3.93. The van der Waals surface area contributed by atoms with Crippen LogP contribution in [0.2, 0.25) is 0 Å². The predicted molar refractivity (Wildman–Crippen MR) is 115 cm³/mol. The second-order valence-electron chi connectivity index (χ2n) is 7.90. The van der Waals surface area contributed by atoms with E-state index in [4.69, 9.17) is 0 Å². The minimum absolute atomic E-state index is 0.0943. The van der Waals surface area contributed by atoms with Crippen LogP contribution in [0.3, 0.4) is 0 Å². The van der Waals surface area contributed by atoms with Crippen LogP contribution in [0.25, 0.3) is 0 Å². The van der Waals surface area contributed by atoms with Gasteiger partial charge in [-0.3, -0.25) is 14.5 Å². The maximum atomic E-state index is 12.8. The molecule has 1 unspecified atom stereocenters. The first-order chi connectivity index (χ1) is 14.3. The average Bonchev–Trinajstić information content (AvgIpc) is 3.44. The topological polar surface area (TPSA) is 86.8 Å². The third-order valence-electron chi connectivity index (χ3n) is 5.59. The maximum Gasteiger partial charge on any atom is 0.269 e. The molecule has 0 radical (unpaired) electrons. The smallest absolute Gasteiger partial charge is 0.269 e. The Labute approximate surface area is 180 Å². The monoisotopic (exact) mass is 447 g/mol. The molecule has 2 aliphatic heterocycles. The van der Waals surface area contributed by atoms with Crippen molar-refractivity contribution in [3.8, 4) is 0 Å². The Morgan fingerprint density at radius 2 is 1.93 bits per heavy atom. The van der Waals surface area contributed by atoms with Crippen molar-refractivity contribution >= 4 is 33.2 Å². The number of hydrogen-bond donors (Lipinski definition) is 1. The molecule has 0 bridgehead atoms. The van der Waals surface area contributed by atoms with Crippen molar-refractivity contribution in [2.45, 2.75) is 43.7 Å². The van der Waals surface area contributed by atoms with Crippen LogP contribution in [0.1, 0.15) is 58.3 Å². The molecule has 2 aromatic rings. The fourth-order valence-corrected chi connectivity index (χ4v) is 6.79. The van der Waals surface area contributed by atoms with Gasteiger partial charge in [-0.2, -0.15) is 0 Å². The zero-order valence-corrected chi connectivity index (χ0v) is 18.6. The van der Waals surface area contributed by atoms with E-state index >= 15 is 0 Å². The summed E-state index contributed by atoms with van der Waals surface area (Å²) in [6, 6.07) is 7.97. The van der Waals surface area contributed by atoms with E-state index in [0.717, 1.165) is 30.2 Å². The van der Waals surface area contributed by atoms with Crippen LogP contribution in [0.4, 0.5) is 0 Å². The predicted octanol–water partition coefficient (Wildman–Crippen LogP) is 2.87. The number of carbonyl (C=O) groups is 2. The summed E-state index contributed by atoms with van der Waals surface area (Å²) in [6.07, 6.45) is 2.30. The van der Waals surface area contributed by atoms with Crippen LogP contribution in [0.15, 0.2) is 40.6 Å². The second kappa shape index (κ2) is 8.13. The van der Waals surface area contributed by atoms with Gasteiger partial charge in [-0.1, -0.05) is 6.07 Å². The van der Waals surface area contributed by atoms with Crippen LogP contribution in [-0.4, -0.2) is 55.1 Å². The molecule has 1 aromatic carbocycles. The first-order valence-corrected chi connectivity index (χ1v) is 12.4. The fraction of sp³-hybridized carbons (Fsp3) is 0.429. The number of rotatable bonds is 6. The van der Waals surface area contributed by atoms with Gasteiger partial charge in [0.25, 0.3) is 21.8 Å². The number of amides is 2. The van der Waals surface area contributed by atoms with Gasteiger partial charge >= 0.3 is 0 Å². The Morgan fingerprint density at radius 3 is 2.57 bits per heavy atom. The molecule has 2 amide bonds. The summed E-state index contributed by atoms with van der Waals surface area (Å²) in [5.41, 5.74) is 0.357. The Morgan fingerprint density at radius 1 is 1.20 bits per heavy atom. The third-order valence-corrected chi connectivity index (χ3v) is 8.56. The van der Waals surface area contributed by atoms with Crippen molar-refractivity contribution in [1.82, 2.24) is 14.5 Å². The normalized spacial score (nSPS) is 19.3. The number of hydrogen-bond acceptors (Lipinski definition) is 6. The number of benzene rings is 1. The number of fused-ring (bicyclic) bond motifs is 1. The van der Waals surface area contributed by atoms with Gasteiger partial charge < -0.3 is 5.32 Å². The molecule has 2 aliphatic rings. The number of thiophene rings is 1. The lowest BCUT2D eigenvalue weighted by atomic mass is 10.1. The standard InChI is InChI=1S/C21H25N3O4S2/c1-14(2)24-21(26)16-8-7-15(12-19(16)30(24,27)28)20(25)22-13-17(18-6-5-11-29-18)23-9-3-4-10-23/h5-8,11-12,14,17H,3-4,9-10,13H2,1-2H3,(H,22,25). The molecule has 160 valence electrons. The Bertz CT molecular complexity index is 1060. The van der Waals surface area contributed by atoms with Crippen molar-refractivity contribution in [3.63, 3.8) is 0 Å². The third kappa shape index (κ3) is 3.66. The van der Waals surface area contributed by atoms with E-state index in [2.05, 4.69) is 16.3 Å². The van der Waals surface area contributed by atoms with E-state index in [-0.39, 0.29) is 28.0 Å². The number of sulfonamides is 1. The fourth-order valence-electron chi connectivity index (χ4n) is 4.13. The summed E-state index contributed by atoms with van der Waals surface area (Å²) in [7, 11) is -3.93. The van der Waals surface area contributed by atoms with Gasteiger partial charge in [-0.25, -0.2) is 12.7 Å². The largest absolute Gasteiger partial charge is 0.350 e. The second-order valence-corrected chi connectivity index (χ2v) is 10.7. The van der Waals surface area contributed by atoms with Crippen LogP contribution < -0.4 is 5.32 Å². The lowest BCUT2D eigenvalue weighted by molar-refractivity contribution is 0.0845. The van der Waals surface area contributed by atoms with E-state index in [1.165, 1.54) is 23.1 Å². The molecular weight excluding hydrogens is 422 g/mol. The molecule has 0 aliphatic carbocycles. The van der Waals surface area contributed by atoms with Gasteiger partial charge in [0.05, 0.1) is 11.6 Å². The summed E-state index contributed by atoms with van der Waals surface area (Å²) < 4.78 is 26.4. The Balaban J connectivity index is 1.54. The Hall–Kier alpha value is -2.23. The molecule has 1 atom stereocenters. The lowest BCUT2D eigenvalue weighted by Gasteiger charge is -2.27. The van der Waals surface area contributed by atoms with E-state index in [1.807, 2.05) is 11.4 Å². The van der Waals surface area contributed by atoms with E-state index in [0.29, 0.717) is 6.54 Å². The van der Waals surface area contributed by atoms with Crippen molar-refractivity contribution in [2.24, 2.45) is 0 Å². The molecule has 4 rings (SSSR count). The minimum Gasteiger partial charge on any atom is -0.350 e. The van der Waals surface area contributed by atoms with Crippen LogP contribution in [0.5, 0.6) is 0 Å². The van der Waals surface area contributed by atoms with Crippen LogP contribution in [0, 0.1) is 0 Å². The van der Waals surface area contributed by atoms with Crippen LogP contribution >= 0.6 is 11.3 Å². The molecule has 30 heavy (non-hydrogen) atoms. The van der Waals surface area contributed by atoms with Gasteiger partial charge in [0.1, 0.15) is 4.90 Å². The number of likely N-dealkylation sites (tertiary alicyclic amines) is 1. The summed E-state index contributed by atoms with van der Waals surface area (Å²) in [5, 5.41) is 4.99. The zero-order valence-electron chi connectivity index (χ0n) is 17.0. The number of nitrogens with one attached hydrogen (secondary N) is 1. The number of nitrogens with zero attached hydrogens (tertiary/aromatic N) is 2. The lowest BCUT2D eigenvalue weighted by Crippen LogP contribution is -2.36. The van der Waals surface area contributed by atoms with Crippen molar-refractivity contribution in [3.05, 3.63) is 51.7 Å². The highest BCUT2D eigenvalue weighted by Crippen LogP contribution is 2.33. The highest BCUT2D eigenvalue weighted by molar-refractivity contribution is 7.90. The van der Waals surface area contributed by atoms with Crippen molar-refractivity contribution in [2.75, 3.05) is 19.6 Å². The zero-order chi connectivity index (χ0) is 21.5. The molecule has 9 heteroatoms. The van der Waals surface area contributed by atoms with Gasteiger partial charge in [0.15, 0.2) is 0 Å². The summed E-state index contributed by atoms with van der Waals surface area (Å²) >= 11 is 1.67. The molecule has 1 fully saturated rings. The number of carbonyl (C=O) groups excluding carboxylic acids is 2. The van der Waals surface area contributed by atoms with E-state index in [9.17, 15) is 18.0 Å². The van der Waals surface area contributed by atoms with Gasteiger partial charge in [0.2, 0.25) is 0 Å². The van der Waals surface area contributed by atoms with E-state index < -0.39 is 22.0 Å². The first-order valence-electron chi connectivity index (χ1n) is 10.1. The van der Waals surface area contributed by atoms with Gasteiger partial charge in [-0.05, 0) is 69.4 Å². The average molecular weight is 448 g/mol. The summed E-state index contributed by atoms with van der Waals surface area (Å²) in [5.74, 6) is -0.886. The molecule has 3 heterocycles. The first kappa shape index (κ1) is 21.0. The highest BCUT2D eigenvalue weighted by atomic mass is 32.2. The SMILES string of the molecule is CC(C)N1C(=O)c2ccc(C(=O)NCC(c3cccs3)N3CCCC3)cc2S1(=O)=O. The van der Waals surface area contributed by atoms with Crippen molar-refractivity contribution < 1.29 is 18.0 Å². The van der Waals surface area contributed by atoms with Gasteiger partial charge in [-0.15, -0.1) is 11.3 Å². The summed E-state index contributed by atoms with van der Waals surface area (Å²) in [4.78, 5) is 28.8. The van der Waals surface area contributed by atoms with E-state index in [1.54, 1.807) is 25.2 Å². The quantitative estimate of drug-likeness (QED) is 0.736. The highest BCUT2D eigenvalue weighted by Gasteiger charge is 2.43. The summed E-state index contributed by atoms with van der Waals surface area (Å²) in [6.45, 7) is 5.75. The molecule has 0 saturated carbocycles. The maximum absolute atomic E-state index is 12.8. The van der Waals surface area contributed by atoms with Gasteiger partial charge in [0, 0.05) is 23.0 Å². The van der Waals surface area contributed by atoms with Crippen molar-refractivity contribution in [1.29, 1.82) is 0 Å². The molecule has 0 spiro atoms.